The van der Waals surface area contributed by atoms with E-state index in [1.165, 1.54) is 11.6 Å². The Morgan fingerprint density at radius 1 is 1.09 bits per heavy atom. The minimum absolute atomic E-state index is 0.171. The number of anilines is 2. The number of benzene rings is 2. The molecule has 6 nitrogen and oxygen atoms in total. The van der Waals surface area contributed by atoms with Crippen molar-refractivity contribution in [2.45, 2.75) is 26.3 Å². The fraction of sp³-hybridized carbons (Fsp3) is 0.240. The number of hydrogen-bond donors (Lipinski definition) is 0. The molecule has 0 fully saturated rings. The average molecular weight is 429 g/mol. The smallest absolute Gasteiger partial charge is 0.161 e. The van der Waals surface area contributed by atoms with Crippen molar-refractivity contribution in [2.75, 3.05) is 23.5 Å². The molecule has 0 spiro atoms. The van der Waals surface area contributed by atoms with Gasteiger partial charge in [0.05, 0.1) is 24.2 Å². The van der Waals surface area contributed by atoms with Crippen LogP contribution in [-0.4, -0.2) is 33.5 Å². The Morgan fingerprint density at radius 2 is 1.91 bits per heavy atom. The maximum Gasteiger partial charge on any atom is 0.161 e. The van der Waals surface area contributed by atoms with Gasteiger partial charge in [-0.15, -0.1) is 0 Å². The van der Waals surface area contributed by atoms with Crippen LogP contribution in [-0.2, 0) is 6.54 Å². The normalized spacial score (nSPS) is 13.2. The molecule has 0 unspecified atom stereocenters. The molecule has 32 heavy (non-hydrogen) atoms. The van der Waals surface area contributed by atoms with Gasteiger partial charge in [-0.3, -0.25) is 0 Å². The standard InChI is InChI=1S/C25H25FN6/c1-17(2)22-13-19(26)7-10-21(22)24-27-14-23-25(29-24)31(16-30(23)3)15-18-5-8-20(9-6-18)32-12-4-11-28-32/h4-14,17H,15-16H2,1-3H3. The summed E-state index contributed by atoms with van der Waals surface area (Å²) in [6.45, 7) is 5.57. The summed E-state index contributed by atoms with van der Waals surface area (Å²) >= 11 is 0. The fourth-order valence-electron chi connectivity index (χ4n) is 4.13. The van der Waals surface area contributed by atoms with E-state index in [2.05, 4.69) is 58.0 Å². The Hall–Kier alpha value is -3.74. The Labute approximate surface area is 187 Å². The van der Waals surface area contributed by atoms with Crippen LogP contribution in [0, 0.1) is 5.82 Å². The van der Waals surface area contributed by atoms with Crippen LogP contribution in [0.2, 0.25) is 0 Å². The van der Waals surface area contributed by atoms with E-state index in [0.29, 0.717) is 5.82 Å². The number of halogens is 1. The quantitative estimate of drug-likeness (QED) is 0.447. The minimum atomic E-state index is -0.237. The predicted molar refractivity (Wildman–Crippen MR) is 125 cm³/mol. The number of aromatic nitrogens is 4. The van der Waals surface area contributed by atoms with E-state index in [-0.39, 0.29) is 11.7 Å². The fourth-order valence-corrected chi connectivity index (χ4v) is 4.13. The van der Waals surface area contributed by atoms with Gasteiger partial charge in [0.15, 0.2) is 11.6 Å². The molecule has 0 bridgehead atoms. The maximum atomic E-state index is 13.9. The lowest BCUT2D eigenvalue weighted by molar-refractivity contribution is 0.623. The van der Waals surface area contributed by atoms with Gasteiger partial charge in [0, 0.05) is 31.5 Å². The highest BCUT2D eigenvalue weighted by Gasteiger charge is 2.27. The van der Waals surface area contributed by atoms with Crippen LogP contribution in [0.25, 0.3) is 17.1 Å². The van der Waals surface area contributed by atoms with Gasteiger partial charge in [-0.2, -0.15) is 5.10 Å². The molecular weight excluding hydrogens is 403 g/mol. The van der Waals surface area contributed by atoms with Gasteiger partial charge >= 0.3 is 0 Å². The highest BCUT2D eigenvalue weighted by Crippen LogP contribution is 2.36. The van der Waals surface area contributed by atoms with Crippen molar-refractivity contribution in [3.63, 3.8) is 0 Å². The SMILES string of the molecule is CC(C)c1cc(F)ccc1-c1ncc2c(n1)N(Cc1ccc(-n3cccn3)cc1)CN2C. The van der Waals surface area contributed by atoms with Crippen LogP contribution in [0.3, 0.4) is 0 Å². The second-order valence-corrected chi connectivity index (χ2v) is 8.44. The maximum absolute atomic E-state index is 13.9. The molecule has 0 amide bonds. The molecule has 0 N–H and O–H groups in total. The van der Waals surface area contributed by atoms with Crippen LogP contribution in [0.15, 0.2) is 67.1 Å². The third-order valence-corrected chi connectivity index (χ3v) is 5.80. The molecule has 0 atom stereocenters. The zero-order valence-corrected chi connectivity index (χ0v) is 18.4. The second-order valence-electron chi connectivity index (χ2n) is 8.44. The zero-order chi connectivity index (χ0) is 22.2. The summed E-state index contributed by atoms with van der Waals surface area (Å²) < 4.78 is 15.7. The van der Waals surface area contributed by atoms with E-state index in [9.17, 15) is 4.39 Å². The first-order valence-corrected chi connectivity index (χ1v) is 10.7. The van der Waals surface area contributed by atoms with Gasteiger partial charge in [0.2, 0.25) is 0 Å². The Bertz CT molecular complexity index is 1230. The van der Waals surface area contributed by atoms with E-state index in [0.717, 1.165) is 41.5 Å². The lowest BCUT2D eigenvalue weighted by Crippen LogP contribution is -2.27. The first-order chi connectivity index (χ1) is 15.5. The summed E-state index contributed by atoms with van der Waals surface area (Å²) in [6, 6.07) is 15.1. The molecule has 1 aliphatic heterocycles. The Kier molecular flexibility index (Phi) is 5.09. The van der Waals surface area contributed by atoms with Gasteiger partial charge in [-0.25, -0.2) is 19.0 Å². The molecule has 0 aliphatic carbocycles. The summed E-state index contributed by atoms with van der Waals surface area (Å²) in [7, 11) is 2.04. The van der Waals surface area contributed by atoms with Crippen molar-refractivity contribution < 1.29 is 4.39 Å². The highest BCUT2D eigenvalue weighted by molar-refractivity contribution is 5.74. The lowest BCUT2D eigenvalue weighted by Gasteiger charge is -2.19. The lowest BCUT2D eigenvalue weighted by atomic mass is 9.96. The third kappa shape index (κ3) is 3.70. The largest absolute Gasteiger partial charge is 0.353 e. The summed E-state index contributed by atoms with van der Waals surface area (Å²) in [5, 5.41) is 4.28. The van der Waals surface area contributed by atoms with Crippen LogP contribution >= 0.6 is 0 Å². The zero-order valence-electron chi connectivity index (χ0n) is 18.4. The minimum Gasteiger partial charge on any atom is -0.353 e. The molecule has 3 heterocycles. The third-order valence-electron chi connectivity index (χ3n) is 5.80. The highest BCUT2D eigenvalue weighted by atomic mass is 19.1. The monoisotopic (exact) mass is 428 g/mol. The predicted octanol–water partition coefficient (Wildman–Crippen LogP) is 5.01. The topological polar surface area (TPSA) is 50.1 Å². The molecule has 0 saturated heterocycles. The molecule has 1 aliphatic rings. The first-order valence-electron chi connectivity index (χ1n) is 10.7. The molecule has 4 aromatic rings. The number of hydrogen-bond acceptors (Lipinski definition) is 5. The Balaban J connectivity index is 1.45. The summed E-state index contributed by atoms with van der Waals surface area (Å²) in [5.41, 5.74) is 5.00. The van der Waals surface area contributed by atoms with Crippen LogP contribution < -0.4 is 9.80 Å². The molecule has 0 radical (unpaired) electrons. The van der Waals surface area contributed by atoms with Gasteiger partial charge in [0.1, 0.15) is 5.82 Å². The van der Waals surface area contributed by atoms with Crippen molar-refractivity contribution in [1.82, 2.24) is 19.7 Å². The second kappa shape index (κ2) is 8.07. The van der Waals surface area contributed by atoms with E-state index < -0.39 is 0 Å². The van der Waals surface area contributed by atoms with Gasteiger partial charge in [-0.05, 0) is 53.4 Å². The van der Waals surface area contributed by atoms with Crippen LogP contribution in [0.4, 0.5) is 15.9 Å². The number of rotatable bonds is 5. The van der Waals surface area contributed by atoms with Crippen molar-refractivity contribution in [3.05, 3.63) is 84.1 Å². The molecular formula is C25H25FN6. The molecule has 162 valence electrons. The molecule has 0 saturated carbocycles. The van der Waals surface area contributed by atoms with E-state index in [1.54, 1.807) is 18.3 Å². The molecule has 2 aromatic carbocycles. The van der Waals surface area contributed by atoms with Gasteiger partial charge in [0.25, 0.3) is 0 Å². The average Bonchev–Trinajstić information content (AvgIpc) is 3.43. The summed E-state index contributed by atoms with van der Waals surface area (Å²) in [5.74, 6) is 1.46. The molecule has 2 aromatic heterocycles. The van der Waals surface area contributed by atoms with E-state index in [4.69, 9.17) is 4.98 Å². The van der Waals surface area contributed by atoms with Crippen molar-refractivity contribution in [1.29, 1.82) is 0 Å². The van der Waals surface area contributed by atoms with E-state index >= 15 is 0 Å². The Morgan fingerprint density at radius 3 is 2.62 bits per heavy atom. The summed E-state index contributed by atoms with van der Waals surface area (Å²) in [6.07, 6.45) is 5.57. The van der Waals surface area contributed by atoms with Crippen molar-refractivity contribution in [3.8, 4) is 17.1 Å². The molecule has 5 rings (SSSR count). The number of nitrogens with zero attached hydrogens (tertiary/aromatic N) is 6. The van der Waals surface area contributed by atoms with E-state index in [1.807, 2.05) is 30.2 Å². The van der Waals surface area contributed by atoms with Gasteiger partial charge < -0.3 is 9.80 Å². The molecule has 7 heteroatoms. The summed E-state index contributed by atoms with van der Waals surface area (Å²) in [4.78, 5) is 13.9. The first kappa shape index (κ1) is 20.2. The van der Waals surface area contributed by atoms with Crippen molar-refractivity contribution >= 4 is 11.5 Å². The number of fused-ring (bicyclic) bond motifs is 1. The van der Waals surface area contributed by atoms with Crippen molar-refractivity contribution in [2.24, 2.45) is 0 Å². The van der Waals surface area contributed by atoms with Gasteiger partial charge in [-0.1, -0.05) is 26.0 Å². The van der Waals surface area contributed by atoms with Crippen LogP contribution in [0.5, 0.6) is 0 Å². The van der Waals surface area contributed by atoms with Crippen LogP contribution in [0.1, 0.15) is 30.9 Å².